The molecule has 1 amide bonds. The Morgan fingerprint density at radius 1 is 0.861 bits per heavy atom. The molecule has 0 atom stereocenters. The van der Waals surface area contributed by atoms with Crippen molar-refractivity contribution >= 4 is 38.9 Å². The van der Waals surface area contributed by atoms with Gasteiger partial charge in [0.1, 0.15) is 12.3 Å². The van der Waals surface area contributed by atoms with Crippen LogP contribution in [0.1, 0.15) is 11.1 Å². The predicted molar refractivity (Wildman–Crippen MR) is 143 cm³/mol. The molecular weight excluding hydrogens is 496 g/mol. The molecule has 0 saturated carbocycles. The lowest BCUT2D eigenvalue weighted by molar-refractivity contribution is -0.114. The second-order valence-corrected chi connectivity index (χ2v) is 10.6. The van der Waals surface area contributed by atoms with E-state index in [9.17, 15) is 13.2 Å². The summed E-state index contributed by atoms with van der Waals surface area (Å²) in [6.07, 6.45) is 0. The molecule has 0 aliphatic heterocycles. The van der Waals surface area contributed by atoms with E-state index in [0.717, 1.165) is 15.4 Å². The molecule has 0 radical (unpaired) electrons. The molecule has 0 aromatic heterocycles. The first-order valence-electron chi connectivity index (χ1n) is 11.2. The second-order valence-electron chi connectivity index (χ2n) is 8.27. The summed E-state index contributed by atoms with van der Waals surface area (Å²) in [6, 6.07) is 27.4. The van der Waals surface area contributed by atoms with Crippen molar-refractivity contribution in [2.75, 3.05) is 16.2 Å². The van der Waals surface area contributed by atoms with Crippen LogP contribution in [0.2, 0.25) is 5.02 Å². The molecule has 4 aromatic carbocycles. The van der Waals surface area contributed by atoms with E-state index in [4.69, 9.17) is 16.3 Å². The maximum absolute atomic E-state index is 13.6. The number of halogens is 1. The van der Waals surface area contributed by atoms with Crippen molar-refractivity contribution in [3.8, 4) is 11.5 Å². The first kappa shape index (κ1) is 25.3. The minimum atomic E-state index is -4.03. The zero-order valence-corrected chi connectivity index (χ0v) is 21.4. The fraction of sp³-hybridized carbons (Fsp3) is 0.107. The van der Waals surface area contributed by atoms with Crippen LogP contribution in [-0.4, -0.2) is 20.9 Å². The third-order valence-electron chi connectivity index (χ3n) is 5.30. The van der Waals surface area contributed by atoms with Crippen LogP contribution in [0.5, 0.6) is 11.5 Å². The summed E-state index contributed by atoms with van der Waals surface area (Å²) in [7, 11) is -4.03. The van der Waals surface area contributed by atoms with Crippen LogP contribution < -0.4 is 14.4 Å². The van der Waals surface area contributed by atoms with E-state index in [1.807, 2.05) is 38.1 Å². The van der Waals surface area contributed by atoms with Crippen molar-refractivity contribution in [1.29, 1.82) is 0 Å². The number of amides is 1. The Kier molecular flexibility index (Phi) is 7.62. The van der Waals surface area contributed by atoms with Crippen LogP contribution in [0.25, 0.3) is 0 Å². The molecule has 184 valence electrons. The smallest absolute Gasteiger partial charge is 0.264 e. The number of rotatable bonds is 8. The Morgan fingerprint density at radius 2 is 1.47 bits per heavy atom. The number of para-hydroxylation sites is 1. The van der Waals surface area contributed by atoms with Gasteiger partial charge in [-0.05, 0) is 79.6 Å². The quantitative estimate of drug-likeness (QED) is 0.284. The van der Waals surface area contributed by atoms with E-state index in [1.54, 1.807) is 60.7 Å². The highest BCUT2D eigenvalue weighted by Crippen LogP contribution is 2.32. The van der Waals surface area contributed by atoms with E-state index < -0.39 is 22.5 Å². The number of benzene rings is 4. The lowest BCUT2D eigenvalue weighted by Crippen LogP contribution is -2.38. The number of sulfonamides is 1. The van der Waals surface area contributed by atoms with Crippen molar-refractivity contribution in [2.24, 2.45) is 0 Å². The molecule has 1 N–H and O–H groups in total. The van der Waals surface area contributed by atoms with Gasteiger partial charge in [0.15, 0.2) is 5.75 Å². The number of ether oxygens (including phenoxy) is 1. The molecule has 0 saturated heterocycles. The summed E-state index contributed by atoms with van der Waals surface area (Å²) in [6.45, 7) is 3.31. The summed E-state index contributed by atoms with van der Waals surface area (Å²) in [5.41, 5.74) is 2.49. The van der Waals surface area contributed by atoms with Gasteiger partial charge in [0.05, 0.1) is 16.3 Å². The first-order valence-corrected chi connectivity index (χ1v) is 13.0. The standard InChI is InChI=1S/C28H25ClN2O4S/c1-20-15-21(2)17-23(16-20)31(36(33,34)25-11-7-4-8-12-25)19-28(32)30-26-18-22(29)13-14-27(26)35-24-9-5-3-6-10-24/h3-18H,19H2,1-2H3,(H,30,32). The molecule has 0 fully saturated rings. The highest BCUT2D eigenvalue weighted by molar-refractivity contribution is 7.92. The van der Waals surface area contributed by atoms with Gasteiger partial charge in [-0.2, -0.15) is 0 Å². The SMILES string of the molecule is Cc1cc(C)cc(N(CC(=O)Nc2cc(Cl)ccc2Oc2ccccc2)S(=O)(=O)c2ccccc2)c1. The number of hydrogen-bond donors (Lipinski definition) is 1. The minimum Gasteiger partial charge on any atom is -0.455 e. The number of anilines is 2. The van der Waals surface area contributed by atoms with E-state index in [2.05, 4.69) is 5.32 Å². The third kappa shape index (κ3) is 6.05. The Morgan fingerprint density at radius 3 is 2.11 bits per heavy atom. The topological polar surface area (TPSA) is 75.7 Å². The van der Waals surface area contributed by atoms with Crippen molar-refractivity contribution in [3.63, 3.8) is 0 Å². The monoisotopic (exact) mass is 520 g/mol. The molecule has 8 heteroatoms. The largest absolute Gasteiger partial charge is 0.455 e. The fourth-order valence-corrected chi connectivity index (χ4v) is 5.35. The van der Waals surface area contributed by atoms with Gasteiger partial charge in [-0.3, -0.25) is 9.10 Å². The number of nitrogens with zero attached hydrogens (tertiary/aromatic N) is 1. The van der Waals surface area contributed by atoms with Crippen molar-refractivity contribution in [1.82, 2.24) is 0 Å². The summed E-state index contributed by atoms with van der Waals surface area (Å²) < 4.78 is 34.2. The van der Waals surface area contributed by atoms with Crippen molar-refractivity contribution in [2.45, 2.75) is 18.7 Å². The highest BCUT2D eigenvalue weighted by Gasteiger charge is 2.28. The number of nitrogens with one attached hydrogen (secondary N) is 1. The maximum Gasteiger partial charge on any atom is 0.264 e. The highest BCUT2D eigenvalue weighted by atomic mass is 35.5. The average molecular weight is 521 g/mol. The molecule has 4 rings (SSSR count). The Hall–Kier alpha value is -3.81. The molecule has 0 unspecified atom stereocenters. The van der Waals surface area contributed by atoms with Crippen LogP contribution in [0, 0.1) is 13.8 Å². The molecule has 4 aromatic rings. The Labute approximate surface area is 216 Å². The average Bonchev–Trinajstić information content (AvgIpc) is 2.85. The molecule has 0 heterocycles. The van der Waals surface area contributed by atoms with Gasteiger partial charge in [-0.1, -0.05) is 54.1 Å². The van der Waals surface area contributed by atoms with Crippen LogP contribution in [-0.2, 0) is 14.8 Å². The summed E-state index contributed by atoms with van der Waals surface area (Å²) in [4.78, 5) is 13.3. The Balaban J connectivity index is 1.66. The lowest BCUT2D eigenvalue weighted by Gasteiger charge is -2.25. The van der Waals surface area contributed by atoms with Gasteiger partial charge in [-0.15, -0.1) is 0 Å². The van der Waals surface area contributed by atoms with Gasteiger partial charge in [0.25, 0.3) is 10.0 Å². The van der Waals surface area contributed by atoms with Gasteiger partial charge in [0, 0.05) is 5.02 Å². The summed E-state index contributed by atoms with van der Waals surface area (Å²) in [5.74, 6) is 0.412. The number of carbonyl (C=O) groups is 1. The molecule has 0 aliphatic carbocycles. The van der Waals surface area contributed by atoms with E-state index in [0.29, 0.717) is 27.9 Å². The minimum absolute atomic E-state index is 0.0906. The first-order chi connectivity index (χ1) is 17.2. The molecule has 36 heavy (non-hydrogen) atoms. The summed E-state index contributed by atoms with van der Waals surface area (Å²) >= 11 is 6.18. The number of aryl methyl sites for hydroxylation is 2. The molecule has 0 aliphatic rings. The molecule has 0 spiro atoms. The van der Waals surface area contributed by atoms with Crippen molar-refractivity contribution in [3.05, 3.63) is 113 Å². The zero-order chi connectivity index (χ0) is 25.7. The number of carbonyl (C=O) groups excluding carboxylic acids is 1. The van der Waals surface area contributed by atoms with Crippen LogP contribution in [0.3, 0.4) is 0 Å². The van der Waals surface area contributed by atoms with E-state index in [-0.39, 0.29) is 4.90 Å². The molecule has 6 nitrogen and oxygen atoms in total. The maximum atomic E-state index is 13.6. The van der Waals surface area contributed by atoms with Crippen LogP contribution >= 0.6 is 11.6 Å². The molecule has 0 bridgehead atoms. The van der Waals surface area contributed by atoms with Crippen LogP contribution in [0.4, 0.5) is 11.4 Å². The van der Waals surface area contributed by atoms with Gasteiger partial charge in [0.2, 0.25) is 5.91 Å². The van der Waals surface area contributed by atoms with Gasteiger partial charge >= 0.3 is 0 Å². The Bertz CT molecular complexity index is 1460. The second kappa shape index (κ2) is 10.8. The summed E-state index contributed by atoms with van der Waals surface area (Å²) in [5, 5.41) is 3.17. The van der Waals surface area contributed by atoms with E-state index in [1.165, 1.54) is 12.1 Å². The van der Waals surface area contributed by atoms with Crippen molar-refractivity contribution < 1.29 is 17.9 Å². The molecular formula is C28H25ClN2O4S. The van der Waals surface area contributed by atoms with E-state index >= 15 is 0 Å². The normalized spacial score (nSPS) is 11.1. The van der Waals surface area contributed by atoms with Gasteiger partial charge < -0.3 is 10.1 Å². The van der Waals surface area contributed by atoms with Gasteiger partial charge in [-0.25, -0.2) is 8.42 Å². The fourth-order valence-electron chi connectivity index (χ4n) is 3.75. The number of hydrogen-bond acceptors (Lipinski definition) is 4. The zero-order valence-electron chi connectivity index (χ0n) is 19.8. The van der Waals surface area contributed by atoms with Crippen LogP contribution in [0.15, 0.2) is 102 Å². The third-order valence-corrected chi connectivity index (χ3v) is 7.32. The predicted octanol–water partition coefficient (Wildman–Crippen LogP) is 6.58. The lowest BCUT2D eigenvalue weighted by atomic mass is 10.1.